The van der Waals surface area contributed by atoms with Crippen LogP contribution in [0.1, 0.15) is 38.5 Å². The van der Waals surface area contributed by atoms with Crippen LogP contribution in [0.15, 0.2) is 17.5 Å². The first-order chi connectivity index (χ1) is 8.07. The Morgan fingerprint density at radius 2 is 2.24 bits per heavy atom. The van der Waals surface area contributed by atoms with Gasteiger partial charge in [-0.25, -0.2) is 0 Å². The maximum atomic E-state index is 8.96. The third kappa shape index (κ3) is 5.34. The first-order valence-corrected chi connectivity index (χ1v) is 7.11. The Labute approximate surface area is 109 Å². The molecular weight excluding hydrogens is 228 g/mol. The topological polar surface area (TPSA) is 27.0 Å². The van der Waals surface area contributed by atoms with Crippen molar-refractivity contribution in [3.8, 4) is 6.07 Å². The maximum absolute atomic E-state index is 8.96. The van der Waals surface area contributed by atoms with Crippen molar-refractivity contribution in [2.24, 2.45) is 5.41 Å². The molecule has 3 heteroatoms. The number of hydrogen-bond acceptors (Lipinski definition) is 3. The van der Waals surface area contributed by atoms with Gasteiger partial charge in [0.1, 0.15) is 0 Å². The molecule has 0 aliphatic rings. The number of hydrogen-bond donors (Lipinski definition) is 0. The van der Waals surface area contributed by atoms with Gasteiger partial charge >= 0.3 is 0 Å². The van der Waals surface area contributed by atoms with Gasteiger partial charge in [-0.1, -0.05) is 13.0 Å². The predicted octanol–water partition coefficient (Wildman–Crippen LogP) is 3.90. The van der Waals surface area contributed by atoms with E-state index in [2.05, 4.69) is 35.4 Å². The van der Waals surface area contributed by atoms with Gasteiger partial charge in [-0.3, -0.25) is 4.90 Å². The smallest absolute Gasteiger partial charge is 0.0683 e. The SMILES string of the molecule is CCN(CCCC(C)(C)C#N)Cc1cccs1. The molecule has 0 saturated carbocycles. The molecule has 0 saturated heterocycles. The third-order valence-electron chi connectivity index (χ3n) is 2.99. The third-order valence-corrected chi connectivity index (χ3v) is 3.85. The quantitative estimate of drug-likeness (QED) is 0.734. The average molecular weight is 250 g/mol. The summed E-state index contributed by atoms with van der Waals surface area (Å²) in [5.74, 6) is 0. The highest BCUT2D eigenvalue weighted by Crippen LogP contribution is 2.21. The van der Waals surface area contributed by atoms with Crippen LogP contribution in [0.5, 0.6) is 0 Å². The minimum Gasteiger partial charge on any atom is -0.299 e. The van der Waals surface area contributed by atoms with Crippen LogP contribution in [0.4, 0.5) is 0 Å². The summed E-state index contributed by atoms with van der Waals surface area (Å²) in [4.78, 5) is 3.87. The van der Waals surface area contributed by atoms with Crippen LogP contribution in [0.25, 0.3) is 0 Å². The van der Waals surface area contributed by atoms with Crippen LogP contribution in [-0.2, 0) is 6.54 Å². The van der Waals surface area contributed by atoms with Gasteiger partial charge in [-0.05, 0) is 51.2 Å². The standard InChI is InChI=1S/C14H22N2S/c1-4-16(11-13-7-5-10-17-13)9-6-8-14(2,3)12-15/h5,7,10H,4,6,8-9,11H2,1-3H3. The second kappa shape index (κ2) is 6.78. The van der Waals surface area contributed by atoms with Gasteiger partial charge in [-0.2, -0.15) is 5.26 Å². The molecule has 0 N–H and O–H groups in total. The second-order valence-electron chi connectivity index (χ2n) is 5.05. The van der Waals surface area contributed by atoms with E-state index in [0.717, 1.165) is 32.5 Å². The molecule has 0 aromatic carbocycles. The molecule has 1 aromatic heterocycles. The number of nitrogens with zero attached hydrogens (tertiary/aromatic N) is 2. The monoisotopic (exact) mass is 250 g/mol. The van der Waals surface area contributed by atoms with Crippen LogP contribution >= 0.6 is 11.3 Å². The molecule has 0 spiro atoms. The average Bonchev–Trinajstić information content (AvgIpc) is 2.80. The molecule has 2 nitrogen and oxygen atoms in total. The lowest BCUT2D eigenvalue weighted by molar-refractivity contribution is 0.262. The summed E-state index contributed by atoms with van der Waals surface area (Å²) >= 11 is 1.82. The molecule has 1 rings (SSSR count). The maximum Gasteiger partial charge on any atom is 0.0683 e. The molecule has 0 aliphatic heterocycles. The van der Waals surface area contributed by atoms with E-state index >= 15 is 0 Å². The van der Waals surface area contributed by atoms with Crippen LogP contribution in [0.2, 0.25) is 0 Å². The lowest BCUT2D eigenvalue weighted by Crippen LogP contribution is -2.24. The minimum absolute atomic E-state index is 0.178. The number of rotatable bonds is 7. The van der Waals surface area contributed by atoms with Crippen molar-refractivity contribution >= 4 is 11.3 Å². The molecular formula is C14H22N2S. The highest BCUT2D eigenvalue weighted by atomic mass is 32.1. The molecule has 94 valence electrons. The predicted molar refractivity (Wildman–Crippen MR) is 73.9 cm³/mol. The van der Waals surface area contributed by atoms with E-state index < -0.39 is 0 Å². The molecule has 17 heavy (non-hydrogen) atoms. The summed E-state index contributed by atoms with van der Waals surface area (Å²) in [5.41, 5.74) is -0.178. The largest absolute Gasteiger partial charge is 0.299 e. The van der Waals surface area contributed by atoms with E-state index in [-0.39, 0.29) is 5.41 Å². The van der Waals surface area contributed by atoms with Crippen molar-refractivity contribution in [1.29, 1.82) is 5.26 Å². The van der Waals surface area contributed by atoms with Crippen molar-refractivity contribution in [1.82, 2.24) is 4.90 Å². The lowest BCUT2D eigenvalue weighted by Gasteiger charge is -2.21. The normalized spacial score (nSPS) is 11.7. The minimum atomic E-state index is -0.178. The van der Waals surface area contributed by atoms with Crippen molar-refractivity contribution in [3.63, 3.8) is 0 Å². The first kappa shape index (κ1) is 14.2. The molecule has 0 radical (unpaired) electrons. The van der Waals surface area contributed by atoms with Gasteiger partial charge in [0.05, 0.1) is 11.5 Å². The summed E-state index contributed by atoms with van der Waals surface area (Å²) in [7, 11) is 0. The highest BCUT2D eigenvalue weighted by molar-refractivity contribution is 7.09. The lowest BCUT2D eigenvalue weighted by atomic mass is 9.90. The Morgan fingerprint density at radius 1 is 1.47 bits per heavy atom. The molecule has 0 amide bonds. The summed E-state index contributed by atoms with van der Waals surface area (Å²) in [6, 6.07) is 6.65. The summed E-state index contributed by atoms with van der Waals surface area (Å²) in [6.45, 7) is 9.43. The zero-order valence-electron chi connectivity index (χ0n) is 11.1. The van der Waals surface area contributed by atoms with Gasteiger partial charge in [0.25, 0.3) is 0 Å². The molecule has 1 aromatic rings. The van der Waals surface area contributed by atoms with Crippen LogP contribution in [0.3, 0.4) is 0 Å². The molecule has 0 bridgehead atoms. The second-order valence-corrected chi connectivity index (χ2v) is 6.08. The Hall–Kier alpha value is -0.850. The summed E-state index contributed by atoms with van der Waals surface area (Å²) in [6.07, 6.45) is 2.07. The van der Waals surface area contributed by atoms with Gasteiger partial charge < -0.3 is 0 Å². The number of nitriles is 1. The Morgan fingerprint density at radius 3 is 2.76 bits per heavy atom. The first-order valence-electron chi connectivity index (χ1n) is 6.23. The summed E-state index contributed by atoms with van der Waals surface area (Å²) in [5, 5.41) is 11.1. The van der Waals surface area contributed by atoms with Gasteiger partial charge in [0.15, 0.2) is 0 Å². The molecule has 1 heterocycles. The molecule has 0 atom stereocenters. The van der Waals surface area contributed by atoms with Crippen LogP contribution < -0.4 is 0 Å². The molecule has 0 aliphatic carbocycles. The van der Waals surface area contributed by atoms with E-state index in [9.17, 15) is 0 Å². The Bertz CT molecular complexity index is 349. The fraction of sp³-hybridized carbons (Fsp3) is 0.643. The fourth-order valence-corrected chi connectivity index (χ4v) is 2.52. The van der Waals surface area contributed by atoms with Crippen molar-refractivity contribution in [2.75, 3.05) is 13.1 Å². The molecule has 0 unspecified atom stereocenters. The van der Waals surface area contributed by atoms with Gasteiger partial charge in [0, 0.05) is 11.4 Å². The highest BCUT2D eigenvalue weighted by Gasteiger charge is 2.16. The van der Waals surface area contributed by atoms with Crippen LogP contribution in [-0.4, -0.2) is 18.0 Å². The summed E-state index contributed by atoms with van der Waals surface area (Å²) < 4.78 is 0. The van der Waals surface area contributed by atoms with Crippen LogP contribution in [0, 0.1) is 16.7 Å². The van der Waals surface area contributed by atoms with E-state index in [1.165, 1.54) is 4.88 Å². The zero-order chi connectivity index (χ0) is 12.7. The zero-order valence-corrected chi connectivity index (χ0v) is 11.9. The fourth-order valence-electron chi connectivity index (χ4n) is 1.77. The van der Waals surface area contributed by atoms with Crippen molar-refractivity contribution < 1.29 is 0 Å². The Balaban J connectivity index is 2.31. The van der Waals surface area contributed by atoms with Crippen molar-refractivity contribution in [2.45, 2.75) is 40.2 Å². The number of thiophene rings is 1. The van der Waals surface area contributed by atoms with Gasteiger partial charge in [0.2, 0.25) is 0 Å². The Kier molecular flexibility index (Phi) is 5.67. The van der Waals surface area contributed by atoms with Gasteiger partial charge in [-0.15, -0.1) is 11.3 Å². The van der Waals surface area contributed by atoms with E-state index in [0.29, 0.717) is 0 Å². The van der Waals surface area contributed by atoms with Crippen molar-refractivity contribution in [3.05, 3.63) is 22.4 Å². The molecule has 0 fully saturated rings. The van der Waals surface area contributed by atoms with E-state index in [1.54, 1.807) is 0 Å². The van der Waals surface area contributed by atoms with E-state index in [1.807, 2.05) is 25.2 Å². The van der Waals surface area contributed by atoms with E-state index in [4.69, 9.17) is 5.26 Å².